The molecule has 4 fully saturated rings. The molecular weight excluding hydrogens is 395 g/mol. The summed E-state index contributed by atoms with van der Waals surface area (Å²) in [5.74, 6) is -1.15. The number of carbonyl (C=O) groups excluding carboxylic acids is 3. The average molecular weight is 425 g/mol. The van der Waals surface area contributed by atoms with Crippen molar-refractivity contribution < 1.29 is 75.6 Å². The van der Waals surface area contributed by atoms with Crippen LogP contribution in [0.15, 0.2) is 11.6 Å². The summed E-state index contributed by atoms with van der Waals surface area (Å²) in [5.41, 5.74) is 0.680. The van der Waals surface area contributed by atoms with Crippen molar-refractivity contribution in [1.29, 1.82) is 0 Å². The molecule has 1 aliphatic heterocycles. The molecule has 1 unspecified atom stereocenters. The second-order valence-electron chi connectivity index (χ2n) is 10.5. The Labute approximate surface area is 214 Å². The van der Waals surface area contributed by atoms with Crippen LogP contribution in [-0.2, 0) is 19.1 Å². The number of fused-ring (bicyclic) bond motifs is 6. The van der Waals surface area contributed by atoms with E-state index in [1.165, 1.54) is 5.57 Å². The van der Waals surface area contributed by atoms with Gasteiger partial charge in [0.25, 0.3) is 0 Å². The van der Waals surface area contributed by atoms with Crippen LogP contribution in [0.1, 0.15) is 71.6 Å². The fourth-order valence-corrected chi connectivity index (χ4v) is 8.05. The van der Waals surface area contributed by atoms with Gasteiger partial charge >= 0.3 is 57.4 Å². The van der Waals surface area contributed by atoms with E-state index in [0.717, 1.165) is 44.9 Å². The summed E-state index contributed by atoms with van der Waals surface area (Å²) in [6, 6.07) is 0. The van der Waals surface area contributed by atoms with Gasteiger partial charge in [0.2, 0.25) is 0 Å². The molecule has 3 saturated carbocycles. The first-order valence-corrected chi connectivity index (χ1v) is 10.9. The molecule has 6 heteroatoms. The van der Waals surface area contributed by atoms with Crippen LogP contribution in [0.2, 0.25) is 0 Å². The minimum absolute atomic E-state index is 0. The Morgan fingerprint density at radius 2 is 1.79 bits per heavy atom. The van der Waals surface area contributed by atoms with Gasteiger partial charge in [0, 0.05) is 18.3 Å². The van der Waals surface area contributed by atoms with Gasteiger partial charge in [-0.2, -0.15) is 0 Å². The minimum atomic E-state index is -1.30. The molecule has 4 aliphatic carbocycles. The molecule has 0 amide bonds. The second-order valence-corrected chi connectivity index (χ2v) is 10.5. The van der Waals surface area contributed by atoms with Crippen molar-refractivity contribution in [2.24, 2.45) is 34.5 Å². The number of ether oxygens (including phenoxy) is 1. The molecule has 0 aromatic carbocycles. The van der Waals surface area contributed by atoms with E-state index in [0.29, 0.717) is 24.2 Å². The summed E-state index contributed by atoms with van der Waals surface area (Å²) in [7, 11) is 0. The number of hydrogen-bond acceptors (Lipinski definition) is 5. The van der Waals surface area contributed by atoms with Crippen molar-refractivity contribution in [2.75, 3.05) is 0 Å². The number of allylic oxidation sites excluding steroid dienone is 1. The van der Waals surface area contributed by atoms with E-state index in [2.05, 4.69) is 13.8 Å². The molecule has 5 nitrogen and oxygen atoms in total. The van der Waals surface area contributed by atoms with Gasteiger partial charge in [0.15, 0.2) is 5.78 Å². The Balaban J connectivity index is 0.00000205. The number of carboxylic acid groups (broad SMARTS) is 1. The van der Waals surface area contributed by atoms with E-state index in [-0.39, 0.29) is 74.4 Å². The van der Waals surface area contributed by atoms with E-state index >= 15 is 0 Å². The fourth-order valence-electron chi connectivity index (χ4n) is 8.05. The molecule has 7 atom stereocenters. The Morgan fingerprint density at radius 3 is 2.48 bits per heavy atom. The molecule has 0 bridgehead atoms. The van der Waals surface area contributed by atoms with Crippen molar-refractivity contribution in [3.63, 3.8) is 0 Å². The zero-order valence-corrected chi connectivity index (χ0v) is 20.9. The minimum Gasteiger partial charge on any atom is -0.549 e. The third-order valence-corrected chi connectivity index (χ3v) is 9.65. The van der Waals surface area contributed by atoms with Gasteiger partial charge in [-0.3, -0.25) is 9.59 Å². The number of hydrogen-bond donors (Lipinski definition) is 0. The molecule has 0 aromatic heterocycles. The quantitative estimate of drug-likeness (QED) is 0.324. The maximum absolute atomic E-state index is 12.3. The van der Waals surface area contributed by atoms with Gasteiger partial charge in [-0.15, -0.1) is 0 Å². The van der Waals surface area contributed by atoms with Crippen LogP contribution in [0, 0.1) is 34.5 Å². The predicted molar refractivity (Wildman–Crippen MR) is 98.6 cm³/mol. The molecular formula is C23H29KO5. The Kier molecular flexibility index (Phi) is 5.55. The van der Waals surface area contributed by atoms with Crippen LogP contribution in [-0.4, -0.2) is 23.3 Å². The van der Waals surface area contributed by atoms with Gasteiger partial charge in [0.1, 0.15) is 11.5 Å². The SMILES string of the molecule is C[C@]12CCC(=O)C=C1CC[C@@H]1[C@@H]2CC[C@@]2(C)[C@H]1CC[C@@]21CC(C(=O)[O-])C(=O)O1.[K+]. The standard InChI is InChI=1S/C23H30O5.K/c1-21-8-5-14(24)11-13(21)3-4-15-17(21)6-9-22(2)18(15)7-10-23(22)12-16(19(25)26)20(27)28-23;/h11,15-18H,3-10,12H2,1-2H3,(H,25,26);/q;+1/p-1/t15-,16?,17+,18+,21+,22+,23-;/m1./s1. The molecule has 5 aliphatic rings. The summed E-state index contributed by atoms with van der Waals surface area (Å²) in [5, 5.41) is 11.4. The van der Waals surface area contributed by atoms with Gasteiger partial charge in [0.05, 0.1) is 5.97 Å². The zero-order valence-electron chi connectivity index (χ0n) is 17.8. The molecule has 29 heavy (non-hydrogen) atoms. The van der Waals surface area contributed by atoms with Gasteiger partial charge in [-0.1, -0.05) is 19.4 Å². The fraction of sp³-hybridized carbons (Fsp3) is 0.783. The van der Waals surface area contributed by atoms with Gasteiger partial charge < -0.3 is 14.6 Å². The molecule has 152 valence electrons. The van der Waals surface area contributed by atoms with Gasteiger partial charge in [-0.05, 0) is 74.2 Å². The maximum Gasteiger partial charge on any atom is 1.00 e. The first-order valence-electron chi connectivity index (χ1n) is 10.9. The third kappa shape index (κ3) is 2.95. The molecule has 0 aromatic rings. The largest absolute Gasteiger partial charge is 1.00 e. The third-order valence-electron chi connectivity index (χ3n) is 9.65. The summed E-state index contributed by atoms with van der Waals surface area (Å²) in [4.78, 5) is 35.7. The Bertz CT molecular complexity index is 805. The smallest absolute Gasteiger partial charge is 0.549 e. The van der Waals surface area contributed by atoms with E-state index < -0.39 is 23.5 Å². The zero-order chi connectivity index (χ0) is 19.9. The number of carboxylic acids is 1. The van der Waals surface area contributed by atoms with Crippen LogP contribution in [0.5, 0.6) is 0 Å². The Hall–Kier alpha value is -0.0136. The Morgan fingerprint density at radius 1 is 1.07 bits per heavy atom. The molecule has 1 spiro atoms. The topological polar surface area (TPSA) is 83.5 Å². The van der Waals surface area contributed by atoms with Gasteiger partial charge in [-0.25, -0.2) is 0 Å². The normalized spacial score (nSPS) is 48.1. The number of rotatable bonds is 1. The first kappa shape index (κ1) is 22.2. The summed E-state index contributed by atoms with van der Waals surface area (Å²) in [6.45, 7) is 4.60. The predicted octanol–water partition coefficient (Wildman–Crippen LogP) is -0.426. The number of aliphatic carboxylic acids is 1. The van der Waals surface area contributed by atoms with E-state index in [4.69, 9.17) is 4.74 Å². The van der Waals surface area contributed by atoms with E-state index in [1.54, 1.807) is 0 Å². The number of esters is 1. The van der Waals surface area contributed by atoms with Crippen molar-refractivity contribution in [3.05, 3.63) is 11.6 Å². The average Bonchev–Trinajstić information content (AvgIpc) is 3.13. The summed E-state index contributed by atoms with van der Waals surface area (Å²) in [6.07, 6.45) is 9.68. The van der Waals surface area contributed by atoms with Crippen LogP contribution in [0.25, 0.3) is 0 Å². The molecule has 1 saturated heterocycles. The monoisotopic (exact) mass is 424 g/mol. The van der Waals surface area contributed by atoms with Crippen molar-refractivity contribution in [1.82, 2.24) is 0 Å². The molecule has 0 radical (unpaired) electrons. The van der Waals surface area contributed by atoms with E-state index in [9.17, 15) is 19.5 Å². The van der Waals surface area contributed by atoms with Crippen LogP contribution in [0.4, 0.5) is 0 Å². The molecule has 1 heterocycles. The van der Waals surface area contributed by atoms with Crippen LogP contribution < -0.4 is 56.5 Å². The van der Waals surface area contributed by atoms with E-state index in [1.807, 2.05) is 6.08 Å². The maximum atomic E-state index is 12.3. The van der Waals surface area contributed by atoms with Crippen LogP contribution in [0.3, 0.4) is 0 Å². The van der Waals surface area contributed by atoms with Crippen molar-refractivity contribution >= 4 is 17.7 Å². The van der Waals surface area contributed by atoms with Crippen molar-refractivity contribution in [2.45, 2.75) is 77.2 Å². The summed E-state index contributed by atoms with van der Waals surface area (Å²) < 4.78 is 5.87. The first-order chi connectivity index (χ1) is 13.2. The number of carbonyl (C=O) groups is 3. The molecule has 5 rings (SSSR count). The summed E-state index contributed by atoms with van der Waals surface area (Å²) >= 11 is 0. The second kappa shape index (κ2) is 7.26. The van der Waals surface area contributed by atoms with Crippen LogP contribution >= 0.6 is 0 Å². The number of ketones is 1. The molecule has 0 N–H and O–H groups in total. The van der Waals surface area contributed by atoms with Crippen molar-refractivity contribution in [3.8, 4) is 0 Å².